The molecule has 0 radical (unpaired) electrons. The van der Waals surface area contributed by atoms with Crippen molar-refractivity contribution in [2.24, 2.45) is 13.0 Å². The topological polar surface area (TPSA) is 44.6 Å². The molecule has 1 atom stereocenters. The molecule has 1 saturated heterocycles. The fourth-order valence-electron chi connectivity index (χ4n) is 3.93. The number of likely N-dealkylation sites (N-methyl/N-ethyl adjacent to an activating group) is 1. The first kappa shape index (κ1) is 21.5. The molecular weight excluding hydrogens is 369 g/mol. The van der Waals surface area contributed by atoms with E-state index in [1.54, 1.807) is 23.0 Å². The number of hydrogen-bond donors (Lipinski definition) is 0. The Morgan fingerprint density at radius 2 is 2.07 bits per heavy atom. The zero-order valence-corrected chi connectivity index (χ0v) is 17.7. The number of amides is 1. The molecule has 2 aromatic rings. The Labute approximate surface area is 172 Å². The number of hydrogen-bond acceptors (Lipinski definition) is 4. The second kappa shape index (κ2) is 9.98. The van der Waals surface area contributed by atoms with Gasteiger partial charge < -0.3 is 14.4 Å². The van der Waals surface area contributed by atoms with Crippen LogP contribution in [0.2, 0.25) is 0 Å². The van der Waals surface area contributed by atoms with E-state index in [2.05, 4.69) is 14.8 Å². The number of carbonyl (C=O) groups is 1. The third kappa shape index (κ3) is 5.87. The van der Waals surface area contributed by atoms with Crippen molar-refractivity contribution in [1.82, 2.24) is 24.3 Å². The van der Waals surface area contributed by atoms with Gasteiger partial charge in [0.1, 0.15) is 5.82 Å². The maximum Gasteiger partial charge on any atom is 0.289 e. The molecule has 0 saturated carbocycles. The van der Waals surface area contributed by atoms with Crippen molar-refractivity contribution in [3.63, 3.8) is 0 Å². The van der Waals surface area contributed by atoms with Gasteiger partial charge in [-0.2, -0.15) is 0 Å². The molecule has 1 aromatic carbocycles. The fraction of sp³-hybridized carbons (Fsp3) is 0.545. The van der Waals surface area contributed by atoms with Gasteiger partial charge in [-0.15, -0.1) is 0 Å². The zero-order chi connectivity index (χ0) is 20.8. The van der Waals surface area contributed by atoms with Crippen LogP contribution < -0.4 is 0 Å². The van der Waals surface area contributed by atoms with Crippen LogP contribution in [-0.4, -0.2) is 77.0 Å². The lowest BCUT2D eigenvalue weighted by Gasteiger charge is -2.36. The molecule has 7 heteroatoms. The molecule has 0 bridgehead atoms. The van der Waals surface area contributed by atoms with Gasteiger partial charge in [-0.1, -0.05) is 18.2 Å². The highest BCUT2D eigenvalue weighted by Crippen LogP contribution is 2.21. The van der Waals surface area contributed by atoms with Crippen LogP contribution in [0.3, 0.4) is 0 Å². The number of rotatable bonds is 8. The number of piperidine rings is 1. The summed E-state index contributed by atoms with van der Waals surface area (Å²) < 4.78 is 15.8. The Balaban J connectivity index is 1.65. The highest BCUT2D eigenvalue weighted by atomic mass is 19.1. The molecule has 1 aromatic heterocycles. The first-order chi connectivity index (χ1) is 13.9. The molecule has 1 aliphatic rings. The number of imidazole rings is 1. The van der Waals surface area contributed by atoms with Gasteiger partial charge >= 0.3 is 0 Å². The summed E-state index contributed by atoms with van der Waals surface area (Å²) in [6.45, 7) is 4.64. The largest absolute Gasteiger partial charge is 0.334 e. The van der Waals surface area contributed by atoms with Crippen LogP contribution in [0.1, 0.15) is 29.0 Å². The molecule has 29 heavy (non-hydrogen) atoms. The van der Waals surface area contributed by atoms with Crippen molar-refractivity contribution in [2.75, 3.05) is 46.8 Å². The summed E-state index contributed by atoms with van der Waals surface area (Å²) in [5.74, 6) is 0.683. The van der Waals surface area contributed by atoms with Crippen LogP contribution in [0.4, 0.5) is 4.39 Å². The standard InChI is InChI=1S/C22H32FN5O/c1-25(2)13-14-28(22(29)21-24-10-12-26(21)3)16-18-7-6-11-27(15-18)17-19-8-4-5-9-20(19)23/h4-5,8-10,12,18H,6-7,11,13-17H2,1-3H3/t18-/m0/s1. The number of halogens is 1. The van der Waals surface area contributed by atoms with Crippen molar-refractivity contribution in [1.29, 1.82) is 0 Å². The summed E-state index contributed by atoms with van der Waals surface area (Å²) in [6.07, 6.45) is 5.61. The van der Waals surface area contributed by atoms with Crippen LogP contribution in [0.25, 0.3) is 0 Å². The second-order valence-electron chi connectivity index (χ2n) is 8.25. The highest BCUT2D eigenvalue weighted by molar-refractivity contribution is 5.90. The van der Waals surface area contributed by atoms with Gasteiger partial charge in [0, 0.05) is 57.7 Å². The SMILES string of the molecule is CN(C)CCN(C[C@H]1CCCN(Cc2ccccc2F)C1)C(=O)c1nccn1C. The second-order valence-corrected chi connectivity index (χ2v) is 8.25. The average Bonchev–Trinajstić information content (AvgIpc) is 3.12. The molecule has 1 fully saturated rings. The van der Waals surface area contributed by atoms with Crippen molar-refractivity contribution < 1.29 is 9.18 Å². The minimum atomic E-state index is -0.146. The van der Waals surface area contributed by atoms with Crippen molar-refractivity contribution in [3.8, 4) is 0 Å². The van der Waals surface area contributed by atoms with Crippen LogP contribution in [-0.2, 0) is 13.6 Å². The van der Waals surface area contributed by atoms with Crippen LogP contribution in [0, 0.1) is 11.7 Å². The maximum atomic E-state index is 14.0. The quantitative estimate of drug-likeness (QED) is 0.682. The van der Waals surface area contributed by atoms with Gasteiger partial charge in [0.2, 0.25) is 0 Å². The highest BCUT2D eigenvalue weighted by Gasteiger charge is 2.26. The Morgan fingerprint density at radius 3 is 2.76 bits per heavy atom. The van der Waals surface area contributed by atoms with Crippen LogP contribution in [0.15, 0.2) is 36.7 Å². The van der Waals surface area contributed by atoms with Gasteiger partial charge in [0.05, 0.1) is 0 Å². The molecule has 2 heterocycles. The number of carbonyl (C=O) groups excluding carboxylic acids is 1. The molecule has 3 rings (SSSR count). The van der Waals surface area contributed by atoms with Gasteiger partial charge in [-0.25, -0.2) is 9.37 Å². The molecule has 0 N–H and O–H groups in total. The molecule has 0 spiro atoms. The molecule has 6 nitrogen and oxygen atoms in total. The van der Waals surface area contributed by atoms with Crippen LogP contribution in [0.5, 0.6) is 0 Å². The molecule has 1 aliphatic heterocycles. The van der Waals surface area contributed by atoms with E-state index >= 15 is 0 Å². The van der Waals surface area contributed by atoms with E-state index in [1.165, 1.54) is 6.07 Å². The monoisotopic (exact) mass is 401 g/mol. The summed E-state index contributed by atoms with van der Waals surface area (Å²) in [5, 5.41) is 0. The lowest BCUT2D eigenvalue weighted by atomic mass is 9.96. The number of likely N-dealkylation sites (tertiary alicyclic amines) is 1. The number of benzene rings is 1. The van der Waals surface area contributed by atoms with Crippen molar-refractivity contribution in [2.45, 2.75) is 19.4 Å². The molecule has 1 amide bonds. The van der Waals surface area contributed by atoms with Crippen LogP contribution >= 0.6 is 0 Å². The lowest BCUT2D eigenvalue weighted by molar-refractivity contribution is 0.0645. The number of aromatic nitrogens is 2. The minimum Gasteiger partial charge on any atom is -0.334 e. The first-order valence-electron chi connectivity index (χ1n) is 10.3. The smallest absolute Gasteiger partial charge is 0.289 e. The van der Waals surface area contributed by atoms with E-state index in [-0.39, 0.29) is 11.7 Å². The summed E-state index contributed by atoms with van der Waals surface area (Å²) >= 11 is 0. The predicted molar refractivity (Wildman–Crippen MR) is 112 cm³/mol. The van der Waals surface area contributed by atoms with E-state index in [1.807, 2.05) is 38.2 Å². The number of nitrogens with zero attached hydrogens (tertiary/aromatic N) is 5. The van der Waals surface area contributed by atoms with Gasteiger partial charge in [-0.3, -0.25) is 9.69 Å². The Bertz CT molecular complexity index is 806. The van der Waals surface area contributed by atoms with E-state index < -0.39 is 0 Å². The molecule has 0 unspecified atom stereocenters. The predicted octanol–water partition coefficient (Wildman–Crippen LogP) is 2.48. The van der Waals surface area contributed by atoms with E-state index in [0.717, 1.165) is 38.0 Å². The molecule has 158 valence electrons. The summed E-state index contributed by atoms with van der Waals surface area (Å²) in [7, 11) is 5.88. The van der Waals surface area contributed by atoms with Crippen molar-refractivity contribution in [3.05, 3.63) is 53.9 Å². The zero-order valence-electron chi connectivity index (χ0n) is 17.7. The normalized spacial score (nSPS) is 17.6. The van der Waals surface area contributed by atoms with E-state index in [4.69, 9.17) is 0 Å². The number of aryl methyl sites for hydroxylation is 1. The fourth-order valence-corrected chi connectivity index (χ4v) is 3.93. The molecule has 0 aliphatic carbocycles. The van der Waals surface area contributed by atoms with Gasteiger partial charge in [0.25, 0.3) is 5.91 Å². The van der Waals surface area contributed by atoms with E-state index in [9.17, 15) is 9.18 Å². The Kier molecular flexibility index (Phi) is 7.39. The molecular formula is C22H32FN5O. The van der Waals surface area contributed by atoms with E-state index in [0.29, 0.717) is 31.4 Å². The Hall–Kier alpha value is -2.25. The summed E-state index contributed by atoms with van der Waals surface area (Å²) in [4.78, 5) is 23.7. The first-order valence-corrected chi connectivity index (χ1v) is 10.3. The average molecular weight is 402 g/mol. The third-order valence-corrected chi connectivity index (χ3v) is 5.55. The minimum absolute atomic E-state index is 0.0226. The van der Waals surface area contributed by atoms with Gasteiger partial charge in [-0.05, 0) is 45.5 Å². The summed E-state index contributed by atoms with van der Waals surface area (Å²) in [5.41, 5.74) is 0.738. The van der Waals surface area contributed by atoms with Gasteiger partial charge in [0.15, 0.2) is 5.82 Å². The third-order valence-electron chi connectivity index (χ3n) is 5.55. The van der Waals surface area contributed by atoms with Crippen molar-refractivity contribution >= 4 is 5.91 Å². The maximum absolute atomic E-state index is 14.0. The summed E-state index contributed by atoms with van der Waals surface area (Å²) in [6, 6.07) is 6.98. The lowest BCUT2D eigenvalue weighted by Crippen LogP contribution is -2.45. The Morgan fingerprint density at radius 1 is 1.28 bits per heavy atom.